The maximum Gasteiger partial charge on any atom is 0.279 e. The van der Waals surface area contributed by atoms with Crippen molar-refractivity contribution in [2.75, 3.05) is 0 Å². The second-order valence-corrected chi connectivity index (χ2v) is 4.88. The number of hydrogen-bond acceptors (Lipinski definition) is 5. The number of hydrogen-bond donors (Lipinski definition) is 0. The van der Waals surface area contributed by atoms with E-state index in [2.05, 4.69) is 20.9 Å². The van der Waals surface area contributed by atoms with Crippen molar-refractivity contribution < 1.29 is 9.66 Å². The lowest BCUT2D eigenvalue weighted by Crippen LogP contribution is -1.92. The number of ether oxygens (including phenoxy) is 1. The van der Waals surface area contributed by atoms with E-state index in [0.29, 0.717) is 21.1 Å². The van der Waals surface area contributed by atoms with Gasteiger partial charge in [-0.25, -0.2) is 0 Å². The van der Waals surface area contributed by atoms with Gasteiger partial charge in [0, 0.05) is 17.0 Å². The predicted octanol–water partition coefficient (Wildman–Crippen LogP) is 3.91. The summed E-state index contributed by atoms with van der Waals surface area (Å²) in [7, 11) is 0. The third kappa shape index (κ3) is 2.80. The van der Waals surface area contributed by atoms with Gasteiger partial charge in [0.1, 0.15) is 10.4 Å². The summed E-state index contributed by atoms with van der Waals surface area (Å²) in [5.74, 6) is 0.537. The number of thiazole rings is 1. The van der Waals surface area contributed by atoms with Crippen molar-refractivity contribution >= 4 is 33.0 Å². The molecule has 0 bridgehead atoms. The van der Waals surface area contributed by atoms with Gasteiger partial charge in [0.15, 0.2) is 0 Å². The summed E-state index contributed by atoms with van der Waals surface area (Å²) < 4.78 is 6.17. The molecule has 2 aromatic rings. The van der Waals surface area contributed by atoms with Gasteiger partial charge < -0.3 is 4.74 Å². The van der Waals surface area contributed by atoms with E-state index in [9.17, 15) is 10.1 Å². The minimum absolute atomic E-state index is 0.0812. The zero-order valence-electron chi connectivity index (χ0n) is 8.71. The number of nitro benzene ring substituents is 1. The number of nitrogens with zero attached hydrogens (tertiary/aromatic N) is 2. The molecule has 2 rings (SSSR count). The van der Waals surface area contributed by atoms with Crippen molar-refractivity contribution in [3.8, 4) is 10.9 Å². The Labute approximate surface area is 109 Å². The predicted molar refractivity (Wildman–Crippen MR) is 67.7 cm³/mol. The number of aromatic nitrogens is 1. The Balaban J connectivity index is 2.23. The molecule has 88 valence electrons. The molecule has 0 unspecified atom stereocenters. The summed E-state index contributed by atoms with van der Waals surface area (Å²) in [4.78, 5) is 14.3. The Morgan fingerprint density at radius 2 is 2.29 bits per heavy atom. The topological polar surface area (TPSA) is 65.3 Å². The van der Waals surface area contributed by atoms with Gasteiger partial charge in [-0.3, -0.25) is 10.1 Å². The fourth-order valence-electron chi connectivity index (χ4n) is 1.28. The first-order valence-electron chi connectivity index (χ1n) is 4.60. The van der Waals surface area contributed by atoms with Crippen LogP contribution in [0.2, 0.25) is 0 Å². The van der Waals surface area contributed by atoms with Gasteiger partial charge in [-0.05, 0) is 35.0 Å². The highest BCUT2D eigenvalue weighted by Crippen LogP contribution is 2.30. The normalized spacial score (nSPS) is 10.2. The van der Waals surface area contributed by atoms with Crippen molar-refractivity contribution in [1.82, 2.24) is 4.98 Å². The summed E-state index contributed by atoms with van der Waals surface area (Å²) >= 11 is 4.57. The van der Waals surface area contributed by atoms with Gasteiger partial charge in [-0.15, -0.1) is 0 Å². The Morgan fingerprint density at radius 3 is 2.82 bits per heavy atom. The van der Waals surface area contributed by atoms with Crippen LogP contribution in [0.3, 0.4) is 0 Å². The standard InChI is InChI=1S/C10H7BrN2O3S/c1-6-4-7(2-3-8(6)13(14)15)16-10-12-9(11)5-17-10/h2-5H,1H3. The molecule has 0 amide bonds. The second kappa shape index (κ2) is 4.80. The van der Waals surface area contributed by atoms with Crippen LogP contribution in [-0.4, -0.2) is 9.91 Å². The number of halogens is 1. The molecular weight excluding hydrogens is 308 g/mol. The number of rotatable bonds is 3. The third-order valence-corrected chi connectivity index (χ3v) is 3.45. The molecule has 0 spiro atoms. The molecular formula is C10H7BrN2O3S. The minimum Gasteiger partial charge on any atom is -0.431 e. The molecule has 1 aromatic heterocycles. The Kier molecular flexibility index (Phi) is 3.39. The van der Waals surface area contributed by atoms with Gasteiger partial charge in [0.05, 0.1) is 4.92 Å². The fourth-order valence-corrected chi connectivity index (χ4v) is 2.39. The molecule has 0 atom stereocenters. The first-order valence-corrected chi connectivity index (χ1v) is 6.27. The van der Waals surface area contributed by atoms with Gasteiger partial charge >= 0.3 is 0 Å². The van der Waals surface area contributed by atoms with Crippen LogP contribution >= 0.6 is 27.3 Å². The zero-order valence-corrected chi connectivity index (χ0v) is 11.1. The molecule has 0 N–H and O–H groups in total. The van der Waals surface area contributed by atoms with Crippen LogP contribution in [0.4, 0.5) is 5.69 Å². The van der Waals surface area contributed by atoms with E-state index in [1.807, 2.05) is 0 Å². The largest absolute Gasteiger partial charge is 0.431 e. The quantitative estimate of drug-likeness (QED) is 0.636. The zero-order chi connectivity index (χ0) is 12.4. The van der Waals surface area contributed by atoms with Crippen LogP contribution in [-0.2, 0) is 0 Å². The van der Waals surface area contributed by atoms with Crippen molar-refractivity contribution in [2.24, 2.45) is 0 Å². The first-order chi connectivity index (χ1) is 8.06. The Bertz CT molecular complexity index is 570. The van der Waals surface area contributed by atoms with Crippen molar-refractivity contribution in [2.45, 2.75) is 6.92 Å². The fraction of sp³-hybridized carbons (Fsp3) is 0.100. The average molecular weight is 315 g/mol. The molecule has 0 aliphatic rings. The number of nitro groups is 1. The van der Waals surface area contributed by atoms with Crippen LogP contribution in [0.5, 0.6) is 10.9 Å². The van der Waals surface area contributed by atoms with Gasteiger partial charge in [0.25, 0.3) is 10.9 Å². The van der Waals surface area contributed by atoms with E-state index >= 15 is 0 Å². The molecule has 1 aromatic carbocycles. The lowest BCUT2D eigenvalue weighted by Gasteiger charge is -2.02. The molecule has 7 heteroatoms. The van der Waals surface area contributed by atoms with E-state index in [1.165, 1.54) is 17.4 Å². The maximum absolute atomic E-state index is 10.6. The highest BCUT2D eigenvalue weighted by Gasteiger charge is 2.11. The maximum atomic E-state index is 10.6. The highest BCUT2D eigenvalue weighted by atomic mass is 79.9. The monoisotopic (exact) mass is 314 g/mol. The third-order valence-electron chi connectivity index (χ3n) is 2.03. The summed E-state index contributed by atoms with van der Waals surface area (Å²) in [5.41, 5.74) is 0.640. The number of benzene rings is 1. The van der Waals surface area contributed by atoms with Crippen molar-refractivity contribution in [3.05, 3.63) is 43.9 Å². The molecule has 17 heavy (non-hydrogen) atoms. The molecule has 0 saturated carbocycles. The van der Waals surface area contributed by atoms with Crippen LogP contribution in [0, 0.1) is 17.0 Å². The van der Waals surface area contributed by atoms with E-state index in [4.69, 9.17) is 4.74 Å². The highest BCUT2D eigenvalue weighted by molar-refractivity contribution is 9.10. The molecule has 0 aliphatic carbocycles. The minimum atomic E-state index is -0.418. The van der Waals surface area contributed by atoms with Crippen LogP contribution in [0.1, 0.15) is 5.56 Å². The van der Waals surface area contributed by atoms with Crippen LogP contribution in [0.15, 0.2) is 28.2 Å². The molecule has 0 fully saturated rings. The molecule has 1 heterocycles. The van der Waals surface area contributed by atoms with Crippen molar-refractivity contribution in [1.29, 1.82) is 0 Å². The van der Waals surface area contributed by atoms with Crippen LogP contribution < -0.4 is 4.74 Å². The van der Waals surface area contributed by atoms with Crippen molar-refractivity contribution in [3.63, 3.8) is 0 Å². The molecule has 0 saturated heterocycles. The summed E-state index contributed by atoms with van der Waals surface area (Å²) in [5, 5.41) is 12.9. The lowest BCUT2D eigenvalue weighted by molar-refractivity contribution is -0.385. The Morgan fingerprint density at radius 1 is 1.53 bits per heavy atom. The number of aryl methyl sites for hydroxylation is 1. The smallest absolute Gasteiger partial charge is 0.279 e. The van der Waals surface area contributed by atoms with E-state index in [0.717, 1.165) is 0 Å². The molecule has 0 aliphatic heterocycles. The van der Waals surface area contributed by atoms with Gasteiger partial charge in [-0.2, -0.15) is 4.98 Å². The van der Waals surface area contributed by atoms with Crippen LogP contribution in [0.25, 0.3) is 0 Å². The van der Waals surface area contributed by atoms with E-state index in [-0.39, 0.29) is 5.69 Å². The average Bonchev–Trinajstić information content (AvgIpc) is 2.63. The molecule has 0 radical (unpaired) electrons. The summed E-state index contributed by atoms with van der Waals surface area (Å²) in [6, 6.07) is 4.60. The summed E-state index contributed by atoms with van der Waals surface area (Å²) in [6.45, 7) is 1.67. The van der Waals surface area contributed by atoms with E-state index < -0.39 is 4.92 Å². The summed E-state index contributed by atoms with van der Waals surface area (Å²) in [6.07, 6.45) is 0. The van der Waals surface area contributed by atoms with Gasteiger partial charge in [0.2, 0.25) is 0 Å². The second-order valence-electron chi connectivity index (χ2n) is 3.24. The van der Waals surface area contributed by atoms with Gasteiger partial charge in [-0.1, -0.05) is 11.3 Å². The lowest BCUT2D eigenvalue weighted by atomic mass is 10.2. The Hall–Kier alpha value is -1.47. The first kappa shape index (κ1) is 12.0. The van der Waals surface area contributed by atoms with E-state index in [1.54, 1.807) is 24.4 Å². The SMILES string of the molecule is Cc1cc(Oc2nc(Br)cs2)ccc1[N+](=O)[O-]. The molecule has 5 nitrogen and oxygen atoms in total.